The zero-order chi connectivity index (χ0) is 14.4. The molecule has 1 aliphatic carbocycles. The van der Waals surface area contributed by atoms with Crippen LogP contribution in [0.5, 0.6) is 5.75 Å². The van der Waals surface area contributed by atoms with Gasteiger partial charge in [0.1, 0.15) is 5.75 Å². The number of rotatable bonds is 5. The second-order valence-corrected chi connectivity index (χ2v) is 6.39. The molecule has 4 heteroatoms. The van der Waals surface area contributed by atoms with E-state index in [1.54, 1.807) is 0 Å². The second kappa shape index (κ2) is 7.67. The SMILES string of the molecule is Cc1ccc(OCC(=O)NCC2CCCCC2)c(Br)c1. The maximum absolute atomic E-state index is 11.8. The molecule has 2 rings (SSSR count). The van der Waals surface area contributed by atoms with E-state index in [1.165, 1.54) is 32.1 Å². The molecule has 110 valence electrons. The molecule has 1 saturated carbocycles. The van der Waals surface area contributed by atoms with Crippen molar-refractivity contribution in [3.63, 3.8) is 0 Å². The molecule has 0 bridgehead atoms. The van der Waals surface area contributed by atoms with Gasteiger partial charge in [0, 0.05) is 6.54 Å². The van der Waals surface area contributed by atoms with Gasteiger partial charge in [-0.2, -0.15) is 0 Å². The lowest BCUT2D eigenvalue weighted by atomic mass is 9.89. The quantitative estimate of drug-likeness (QED) is 0.885. The molecule has 3 nitrogen and oxygen atoms in total. The van der Waals surface area contributed by atoms with Crippen molar-refractivity contribution in [2.45, 2.75) is 39.0 Å². The molecular formula is C16H22BrNO2. The summed E-state index contributed by atoms with van der Waals surface area (Å²) in [5.74, 6) is 1.32. The number of benzene rings is 1. The second-order valence-electron chi connectivity index (χ2n) is 5.53. The molecule has 0 aromatic heterocycles. The summed E-state index contributed by atoms with van der Waals surface area (Å²) in [5.41, 5.74) is 1.16. The Hall–Kier alpha value is -1.03. The van der Waals surface area contributed by atoms with Crippen LogP contribution in [0.3, 0.4) is 0 Å². The summed E-state index contributed by atoms with van der Waals surface area (Å²) in [4.78, 5) is 11.8. The average molecular weight is 340 g/mol. The molecule has 0 aliphatic heterocycles. The van der Waals surface area contributed by atoms with Crippen LogP contribution in [0.25, 0.3) is 0 Å². The van der Waals surface area contributed by atoms with E-state index in [-0.39, 0.29) is 12.5 Å². The Bertz CT molecular complexity index is 456. The highest BCUT2D eigenvalue weighted by Crippen LogP contribution is 2.25. The highest BCUT2D eigenvalue weighted by molar-refractivity contribution is 9.10. The van der Waals surface area contributed by atoms with Gasteiger partial charge < -0.3 is 10.1 Å². The molecule has 0 saturated heterocycles. The zero-order valence-electron chi connectivity index (χ0n) is 12.0. The number of amides is 1. The molecule has 1 N–H and O–H groups in total. The van der Waals surface area contributed by atoms with Gasteiger partial charge in [0.2, 0.25) is 0 Å². The first-order chi connectivity index (χ1) is 9.65. The lowest BCUT2D eigenvalue weighted by Crippen LogP contribution is -2.33. The monoisotopic (exact) mass is 339 g/mol. The van der Waals surface area contributed by atoms with Gasteiger partial charge >= 0.3 is 0 Å². The van der Waals surface area contributed by atoms with E-state index in [0.29, 0.717) is 11.7 Å². The van der Waals surface area contributed by atoms with E-state index in [1.807, 2.05) is 25.1 Å². The first-order valence-corrected chi connectivity index (χ1v) is 8.10. The van der Waals surface area contributed by atoms with Crippen molar-refractivity contribution in [3.8, 4) is 5.75 Å². The van der Waals surface area contributed by atoms with Gasteiger partial charge in [0.05, 0.1) is 4.47 Å². The lowest BCUT2D eigenvalue weighted by molar-refractivity contribution is -0.123. The van der Waals surface area contributed by atoms with Crippen LogP contribution in [0, 0.1) is 12.8 Å². The molecule has 20 heavy (non-hydrogen) atoms. The maximum atomic E-state index is 11.8. The van der Waals surface area contributed by atoms with Crippen LogP contribution < -0.4 is 10.1 Å². The summed E-state index contributed by atoms with van der Waals surface area (Å²) in [7, 11) is 0. The van der Waals surface area contributed by atoms with E-state index < -0.39 is 0 Å². The zero-order valence-corrected chi connectivity index (χ0v) is 13.5. The largest absolute Gasteiger partial charge is 0.483 e. The summed E-state index contributed by atoms with van der Waals surface area (Å²) in [6.07, 6.45) is 6.42. The van der Waals surface area contributed by atoms with Crippen molar-refractivity contribution in [1.29, 1.82) is 0 Å². The Morgan fingerprint density at radius 1 is 1.35 bits per heavy atom. The molecule has 0 atom stereocenters. The Labute approximate surface area is 129 Å². The molecule has 0 radical (unpaired) electrons. The number of carbonyl (C=O) groups is 1. The smallest absolute Gasteiger partial charge is 0.257 e. The van der Waals surface area contributed by atoms with Crippen LogP contribution in [-0.2, 0) is 4.79 Å². The number of ether oxygens (including phenoxy) is 1. The van der Waals surface area contributed by atoms with E-state index >= 15 is 0 Å². The Balaban J connectivity index is 1.71. The topological polar surface area (TPSA) is 38.3 Å². The van der Waals surface area contributed by atoms with E-state index in [2.05, 4.69) is 21.2 Å². The number of hydrogen-bond acceptors (Lipinski definition) is 2. The Morgan fingerprint density at radius 2 is 2.10 bits per heavy atom. The summed E-state index contributed by atoms with van der Waals surface area (Å²) < 4.78 is 6.42. The van der Waals surface area contributed by atoms with Gasteiger partial charge in [0.25, 0.3) is 5.91 Å². The number of nitrogens with one attached hydrogen (secondary N) is 1. The molecule has 1 aliphatic rings. The van der Waals surface area contributed by atoms with Crippen molar-refractivity contribution >= 4 is 21.8 Å². The van der Waals surface area contributed by atoms with Gasteiger partial charge in [0.15, 0.2) is 6.61 Å². The van der Waals surface area contributed by atoms with Crippen molar-refractivity contribution in [2.24, 2.45) is 5.92 Å². The highest BCUT2D eigenvalue weighted by atomic mass is 79.9. The van der Waals surface area contributed by atoms with Crippen molar-refractivity contribution in [1.82, 2.24) is 5.32 Å². The highest BCUT2D eigenvalue weighted by Gasteiger charge is 2.14. The fourth-order valence-corrected chi connectivity index (χ4v) is 3.17. The van der Waals surface area contributed by atoms with Gasteiger partial charge in [-0.05, 0) is 59.3 Å². The number of hydrogen-bond donors (Lipinski definition) is 1. The summed E-state index contributed by atoms with van der Waals surface area (Å²) >= 11 is 3.44. The number of aryl methyl sites for hydroxylation is 1. The third-order valence-corrected chi connectivity index (χ3v) is 4.38. The first-order valence-electron chi connectivity index (χ1n) is 7.31. The van der Waals surface area contributed by atoms with Crippen LogP contribution in [0.2, 0.25) is 0 Å². The van der Waals surface area contributed by atoms with Crippen molar-refractivity contribution in [2.75, 3.05) is 13.2 Å². The molecule has 1 aromatic carbocycles. The van der Waals surface area contributed by atoms with Crippen LogP contribution in [0.15, 0.2) is 22.7 Å². The maximum Gasteiger partial charge on any atom is 0.257 e. The predicted molar refractivity (Wildman–Crippen MR) is 84.0 cm³/mol. The van der Waals surface area contributed by atoms with Crippen LogP contribution in [0.1, 0.15) is 37.7 Å². The third kappa shape index (κ3) is 4.82. The van der Waals surface area contributed by atoms with E-state index in [0.717, 1.165) is 16.6 Å². The average Bonchev–Trinajstić information content (AvgIpc) is 2.45. The minimum absolute atomic E-state index is 0.0388. The Morgan fingerprint density at radius 3 is 2.80 bits per heavy atom. The third-order valence-electron chi connectivity index (χ3n) is 3.76. The molecule has 1 aromatic rings. The summed E-state index contributed by atoms with van der Waals surface area (Å²) in [5, 5.41) is 2.97. The van der Waals surface area contributed by atoms with Crippen LogP contribution >= 0.6 is 15.9 Å². The fraction of sp³-hybridized carbons (Fsp3) is 0.562. The molecule has 0 unspecified atom stereocenters. The molecule has 0 heterocycles. The molecule has 0 spiro atoms. The normalized spacial score (nSPS) is 15.9. The minimum atomic E-state index is -0.0388. The van der Waals surface area contributed by atoms with E-state index in [9.17, 15) is 4.79 Å². The number of carbonyl (C=O) groups excluding carboxylic acids is 1. The standard InChI is InChI=1S/C16H22BrNO2/c1-12-7-8-15(14(17)9-12)20-11-16(19)18-10-13-5-3-2-4-6-13/h7-9,13H,2-6,10-11H2,1H3,(H,18,19). The van der Waals surface area contributed by atoms with E-state index in [4.69, 9.17) is 4.74 Å². The van der Waals surface area contributed by atoms with Gasteiger partial charge in [-0.15, -0.1) is 0 Å². The van der Waals surface area contributed by atoms with Crippen molar-refractivity contribution < 1.29 is 9.53 Å². The summed E-state index contributed by atoms with van der Waals surface area (Å²) in [6, 6.07) is 5.84. The van der Waals surface area contributed by atoms with Gasteiger partial charge in [-0.3, -0.25) is 4.79 Å². The van der Waals surface area contributed by atoms with Crippen molar-refractivity contribution in [3.05, 3.63) is 28.2 Å². The Kier molecular flexibility index (Phi) is 5.89. The lowest BCUT2D eigenvalue weighted by Gasteiger charge is -2.21. The molecular weight excluding hydrogens is 318 g/mol. The predicted octanol–water partition coefficient (Wildman–Crippen LogP) is 3.83. The van der Waals surface area contributed by atoms with Crippen LogP contribution in [-0.4, -0.2) is 19.1 Å². The van der Waals surface area contributed by atoms with Gasteiger partial charge in [-0.1, -0.05) is 25.3 Å². The molecule has 1 fully saturated rings. The number of halogens is 1. The van der Waals surface area contributed by atoms with Crippen LogP contribution in [0.4, 0.5) is 0 Å². The summed E-state index contributed by atoms with van der Waals surface area (Å²) in [6.45, 7) is 2.89. The first kappa shape index (κ1) is 15.4. The van der Waals surface area contributed by atoms with Gasteiger partial charge in [-0.25, -0.2) is 0 Å². The fourth-order valence-electron chi connectivity index (χ4n) is 2.57. The molecule has 1 amide bonds. The minimum Gasteiger partial charge on any atom is -0.483 e.